The lowest BCUT2D eigenvalue weighted by molar-refractivity contribution is -0.127. The van der Waals surface area contributed by atoms with Crippen molar-refractivity contribution in [1.82, 2.24) is 9.62 Å². The van der Waals surface area contributed by atoms with Gasteiger partial charge in [-0.3, -0.25) is 4.79 Å². The minimum absolute atomic E-state index is 0.192. The molecule has 0 saturated carbocycles. The van der Waals surface area contributed by atoms with Gasteiger partial charge in [0.1, 0.15) is 18.1 Å². The fraction of sp³-hybridized carbons (Fsp3) is 0.261. The number of carbonyl (C=O) groups excluding carboxylic acids is 1. The van der Waals surface area contributed by atoms with Crippen LogP contribution in [0.5, 0.6) is 11.5 Å². The first kappa shape index (κ1) is 22.6. The molecule has 0 radical (unpaired) electrons. The van der Waals surface area contributed by atoms with E-state index in [9.17, 15) is 13.2 Å². The summed E-state index contributed by atoms with van der Waals surface area (Å²) in [5, 5.41) is 4.92. The van der Waals surface area contributed by atoms with Crippen LogP contribution in [0.25, 0.3) is 10.8 Å². The molecule has 0 aliphatic heterocycles. The van der Waals surface area contributed by atoms with Crippen molar-refractivity contribution in [3.05, 3.63) is 66.7 Å². The first-order valence-corrected chi connectivity index (χ1v) is 11.3. The van der Waals surface area contributed by atoms with E-state index < -0.39 is 16.1 Å². The fourth-order valence-electron chi connectivity index (χ4n) is 2.90. The summed E-state index contributed by atoms with van der Waals surface area (Å²) in [5.41, 5.74) is 0. The van der Waals surface area contributed by atoms with Crippen molar-refractivity contribution < 1.29 is 22.7 Å². The summed E-state index contributed by atoms with van der Waals surface area (Å²) in [6, 6.07) is 19.8. The van der Waals surface area contributed by atoms with Crippen molar-refractivity contribution in [2.45, 2.75) is 17.9 Å². The van der Waals surface area contributed by atoms with Crippen molar-refractivity contribution in [2.24, 2.45) is 0 Å². The summed E-state index contributed by atoms with van der Waals surface area (Å²) in [6.07, 6.45) is -0.656. The molecule has 1 unspecified atom stereocenters. The summed E-state index contributed by atoms with van der Waals surface area (Å²) in [5.74, 6) is 0.905. The smallest absolute Gasteiger partial charge is 0.260 e. The Morgan fingerprint density at radius 1 is 0.968 bits per heavy atom. The Labute approximate surface area is 182 Å². The Bertz CT molecular complexity index is 1140. The highest BCUT2D eigenvalue weighted by molar-refractivity contribution is 7.89. The van der Waals surface area contributed by atoms with Gasteiger partial charge in [-0.15, -0.1) is 0 Å². The number of amides is 1. The van der Waals surface area contributed by atoms with E-state index in [4.69, 9.17) is 9.47 Å². The van der Waals surface area contributed by atoms with Crippen LogP contribution in [0.2, 0.25) is 0 Å². The zero-order chi connectivity index (χ0) is 22.4. The number of fused-ring (bicyclic) bond motifs is 1. The Morgan fingerprint density at radius 3 is 2.29 bits per heavy atom. The lowest BCUT2D eigenvalue weighted by Crippen LogP contribution is -2.38. The molecule has 1 N–H and O–H groups in total. The predicted molar refractivity (Wildman–Crippen MR) is 120 cm³/mol. The van der Waals surface area contributed by atoms with E-state index in [0.29, 0.717) is 18.0 Å². The van der Waals surface area contributed by atoms with Crippen molar-refractivity contribution in [1.29, 1.82) is 0 Å². The lowest BCUT2D eigenvalue weighted by Gasteiger charge is -2.15. The number of carbonyl (C=O) groups is 1. The van der Waals surface area contributed by atoms with Crippen molar-refractivity contribution in [2.75, 3.05) is 27.2 Å². The quantitative estimate of drug-likeness (QED) is 0.515. The van der Waals surface area contributed by atoms with Crippen molar-refractivity contribution in [3.63, 3.8) is 0 Å². The predicted octanol–water partition coefficient (Wildman–Crippen LogP) is 3.05. The zero-order valence-corrected chi connectivity index (χ0v) is 18.6. The topological polar surface area (TPSA) is 84.9 Å². The number of benzene rings is 3. The molecule has 1 atom stereocenters. The SMILES string of the molecule is CC(Oc1ccc2ccccc2c1)C(=O)NCCOc1ccc(S(=O)(=O)N(C)C)cc1. The van der Waals surface area contributed by atoms with Crippen LogP contribution in [-0.4, -0.2) is 52.0 Å². The molecule has 164 valence electrons. The van der Waals surface area contributed by atoms with Crippen LogP contribution in [0, 0.1) is 0 Å². The second-order valence-corrected chi connectivity index (χ2v) is 9.32. The van der Waals surface area contributed by atoms with Crippen molar-refractivity contribution >= 4 is 26.7 Å². The van der Waals surface area contributed by atoms with Crippen LogP contribution < -0.4 is 14.8 Å². The fourth-order valence-corrected chi connectivity index (χ4v) is 3.81. The van der Waals surface area contributed by atoms with E-state index in [2.05, 4.69) is 5.32 Å². The van der Waals surface area contributed by atoms with Crippen LogP contribution in [-0.2, 0) is 14.8 Å². The third-order valence-electron chi connectivity index (χ3n) is 4.68. The summed E-state index contributed by atoms with van der Waals surface area (Å²) in [6.45, 7) is 2.23. The first-order valence-electron chi connectivity index (χ1n) is 9.86. The van der Waals surface area contributed by atoms with E-state index in [1.165, 1.54) is 26.2 Å². The molecule has 1 amide bonds. The lowest BCUT2D eigenvalue weighted by atomic mass is 10.1. The van der Waals surface area contributed by atoms with Gasteiger partial charge in [-0.05, 0) is 54.1 Å². The number of nitrogens with zero attached hydrogens (tertiary/aromatic N) is 1. The van der Waals surface area contributed by atoms with Gasteiger partial charge in [0.05, 0.1) is 11.4 Å². The second-order valence-electron chi connectivity index (χ2n) is 7.17. The zero-order valence-electron chi connectivity index (χ0n) is 17.7. The molecule has 0 aliphatic rings. The molecule has 0 fully saturated rings. The summed E-state index contributed by atoms with van der Waals surface area (Å²) >= 11 is 0. The van der Waals surface area contributed by atoms with Gasteiger partial charge in [0.25, 0.3) is 5.91 Å². The first-order chi connectivity index (χ1) is 14.8. The van der Waals surface area contributed by atoms with Gasteiger partial charge < -0.3 is 14.8 Å². The van der Waals surface area contributed by atoms with Gasteiger partial charge in [0.2, 0.25) is 10.0 Å². The van der Waals surface area contributed by atoms with Crippen LogP contribution in [0.1, 0.15) is 6.92 Å². The molecular formula is C23H26N2O5S. The molecule has 0 saturated heterocycles. The molecule has 3 rings (SSSR count). The van der Waals surface area contributed by atoms with Gasteiger partial charge in [0, 0.05) is 14.1 Å². The highest BCUT2D eigenvalue weighted by atomic mass is 32.2. The number of hydrogen-bond donors (Lipinski definition) is 1. The van der Waals surface area contributed by atoms with Crippen LogP contribution in [0.4, 0.5) is 0 Å². The molecule has 0 aliphatic carbocycles. The minimum Gasteiger partial charge on any atom is -0.492 e. The number of rotatable bonds is 9. The third kappa shape index (κ3) is 5.74. The number of sulfonamides is 1. The Balaban J connectivity index is 1.45. The Morgan fingerprint density at radius 2 is 1.61 bits per heavy atom. The molecule has 3 aromatic carbocycles. The average molecular weight is 443 g/mol. The monoisotopic (exact) mass is 442 g/mol. The molecule has 0 bridgehead atoms. The molecule has 0 aromatic heterocycles. The van der Waals surface area contributed by atoms with E-state index in [1.807, 2.05) is 42.5 Å². The molecule has 3 aromatic rings. The standard InChI is InChI=1S/C23H26N2O5S/c1-17(30-21-9-8-18-6-4-5-7-19(18)16-21)23(26)24-14-15-29-20-10-12-22(13-11-20)31(27,28)25(2)3/h4-13,16-17H,14-15H2,1-3H3,(H,24,26). The van der Waals surface area contributed by atoms with Crippen LogP contribution >= 0.6 is 0 Å². The van der Waals surface area contributed by atoms with E-state index in [-0.39, 0.29) is 17.4 Å². The number of hydrogen-bond acceptors (Lipinski definition) is 5. The third-order valence-corrected chi connectivity index (χ3v) is 6.50. The van der Waals surface area contributed by atoms with Crippen molar-refractivity contribution in [3.8, 4) is 11.5 Å². The summed E-state index contributed by atoms with van der Waals surface area (Å²) in [4.78, 5) is 12.5. The van der Waals surface area contributed by atoms with E-state index in [0.717, 1.165) is 15.1 Å². The summed E-state index contributed by atoms with van der Waals surface area (Å²) < 4.78 is 36.6. The maximum Gasteiger partial charge on any atom is 0.260 e. The highest BCUT2D eigenvalue weighted by Crippen LogP contribution is 2.21. The molecule has 0 heterocycles. The molecule has 0 spiro atoms. The minimum atomic E-state index is -3.47. The molecule has 8 heteroatoms. The average Bonchev–Trinajstić information content (AvgIpc) is 2.76. The van der Waals surface area contributed by atoms with Gasteiger partial charge in [-0.2, -0.15) is 0 Å². The molecular weight excluding hydrogens is 416 g/mol. The maximum absolute atomic E-state index is 12.3. The van der Waals surface area contributed by atoms with E-state index in [1.54, 1.807) is 19.1 Å². The summed E-state index contributed by atoms with van der Waals surface area (Å²) in [7, 11) is -0.512. The van der Waals surface area contributed by atoms with Gasteiger partial charge in [-0.1, -0.05) is 30.3 Å². The normalized spacial score (nSPS) is 12.5. The Hall–Kier alpha value is -3.10. The maximum atomic E-state index is 12.3. The second kappa shape index (κ2) is 9.80. The molecule has 7 nitrogen and oxygen atoms in total. The van der Waals surface area contributed by atoms with E-state index >= 15 is 0 Å². The van der Waals surface area contributed by atoms with Gasteiger partial charge >= 0.3 is 0 Å². The largest absolute Gasteiger partial charge is 0.492 e. The number of ether oxygens (including phenoxy) is 2. The van der Waals surface area contributed by atoms with Gasteiger partial charge in [-0.25, -0.2) is 12.7 Å². The highest BCUT2D eigenvalue weighted by Gasteiger charge is 2.17. The van der Waals surface area contributed by atoms with Crippen LogP contribution in [0.15, 0.2) is 71.6 Å². The molecule has 31 heavy (non-hydrogen) atoms. The van der Waals surface area contributed by atoms with Gasteiger partial charge in [0.15, 0.2) is 6.10 Å². The Kier molecular flexibility index (Phi) is 7.14. The van der Waals surface area contributed by atoms with Crippen LogP contribution in [0.3, 0.4) is 0 Å². The number of nitrogens with one attached hydrogen (secondary N) is 1.